The van der Waals surface area contributed by atoms with Crippen LogP contribution in [0.2, 0.25) is 0 Å². The van der Waals surface area contributed by atoms with Crippen LogP contribution in [0.5, 0.6) is 0 Å². The number of ether oxygens (including phenoxy) is 1. The highest BCUT2D eigenvalue weighted by molar-refractivity contribution is 5.91. The summed E-state index contributed by atoms with van der Waals surface area (Å²) in [5.41, 5.74) is 3.12. The lowest BCUT2D eigenvalue weighted by Gasteiger charge is -2.34. The zero-order valence-electron chi connectivity index (χ0n) is 15.5. The van der Waals surface area contributed by atoms with Crippen molar-refractivity contribution in [2.45, 2.75) is 19.1 Å². The Balaban J connectivity index is 1.62. The summed E-state index contributed by atoms with van der Waals surface area (Å²) >= 11 is 0. The minimum atomic E-state index is -0.150. The lowest BCUT2D eigenvalue weighted by Crippen LogP contribution is -2.44. The smallest absolute Gasteiger partial charge is 0.244 e. The third-order valence-electron chi connectivity index (χ3n) is 4.66. The highest BCUT2D eigenvalue weighted by Gasteiger charge is 2.20. The maximum atomic E-state index is 12.2. The highest BCUT2D eigenvalue weighted by atomic mass is 16.5. The van der Waals surface area contributed by atoms with Crippen LogP contribution in [0.1, 0.15) is 24.1 Å². The molecule has 1 fully saturated rings. The van der Waals surface area contributed by atoms with Crippen molar-refractivity contribution in [2.75, 3.05) is 31.2 Å². The number of benzene rings is 2. The third-order valence-corrected chi connectivity index (χ3v) is 4.66. The van der Waals surface area contributed by atoms with E-state index in [2.05, 4.69) is 16.3 Å². The van der Waals surface area contributed by atoms with Gasteiger partial charge in [0, 0.05) is 24.9 Å². The second-order valence-corrected chi connectivity index (χ2v) is 6.69. The van der Waals surface area contributed by atoms with Crippen molar-refractivity contribution in [3.63, 3.8) is 0 Å². The van der Waals surface area contributed by atoms with Gasteiger partial charge in [-0.25, -0.2) is 0 Å². The summed E-state index contributed by atoms with van der Waals surface area (Å²) in [6.07, 6.45) is 3.22. The van der Waals surface area contributed by atoms with Gasteiger partial charge in [-0.05, 0) is 36.3 Å². The Morgan fingerprint density at radius 3 is 2.89 bits per heavy atom. The molecular formula is C22H26N2O3. The summed E-state index contributed by atoms with van der Waals surface area (Å²) in [6, 6.07) is 17.8. The first kappa shape index (κ1) is 19.1. The quantitative estimate of drug-likeness (QED) is 0.772. The number of rotatable bonds is 6. The van der Waals surface area contributed by atoms with E-state index in [4.69, 9.17) is 4.74 Å². The maximum Gasteiger partial charge on any atom is 0.244 e. The molecule has 0 aliphatic carbocycles. The largest absolute Gasteiger partial charge is 0.394 e. The number of amides is 1. The fraction of sp³-hybridized carbons (Fsp3) is 0.318. The van der Waals surface area contributed by atoms with Gasteiger partial charge in [-0.15, -0.1) is 0 Å². The van der Waals surface area contributed by atoms with Crippen LogP contribution in [-0.4, -0.2) is 43.4 Å². The molecule has 1 saturated heterocycles. The topological polar surface area (TPSA) is 61.8 Å². The molecule has 1 heterocycles. The molecule has 5 nitrogen and oxygen atoms in total. The molecule has 1 aliphatic rings. The van der Waals surface area contributed by atoms with Crippen molar-refractivity contribution >= 4 is 17.7 Å². The van der Waals surface area contributed by atoms with Gasteiger partial charge < -0.3 is 20.1 Å². The fourth-order valence-electron chi connectivity index (χ4n) is 3.14. The van der Waals surface area contributed by atoms with Crippen LogP contribution in [0.4, 0.5) is 5.69 Å². The summed E-state index contributed by atoms with van der Waals surface area (Å²) in [5.74, 6) is -0.122. The van der Waals surface area contributed by atoms with Crippen LogP contribution in [0.25, 0.3) is 6.08 Å². The van der Waals surface area contributed by atoms with E-state index >= 15 is 0 Å². The molecule has 0 radical (unpaired) electrons. The molecule has 5 heteroatoms. The summed E-state index contributed by atoms with van der Waals surface area (Å²) in [4.78, 5) is 14.4. The Morgan fingerprint density at radius 1 is 1.30 bits per heavy atom. The Bertz CT molecular complexity index is 776. The number of aliphatic hydroxyl groups excluding tert-OH is 1. The van der Waals surface area contributed by atoms with E-state index in [-0.39, 0.29) is 24.7 Å². The van der Waals surface area contributed by atoms with Crippen LogP contribution in [0.15, 0.2) is 60.7 Å². The number of nitrogens with one attached hydrogen (secondary N) is 1. The molecule has 0 aromatic heterocycles. The molecule has 2 aromatic carbocycles. The number of hydrogen-bond donors (Lipinski definition) is 2. The van der Waals surface area contributed by atoms with Gasteiger partial charge in [-0.2, -0.15) is 0 Å². The molecule has 142 valence electrons. The summed E-state index contributed by atoms with van der Waals surface area (Å²) < 4.78 is 5.52. The van der Waals surface area contributed by atoms with E-state index in [0.29, 0.717) is 13.2 Å². The average Bonchev–Trinajstić information content (AvgIpc) is 2.73. The van der Waals surface area contributed by atoms with E-state index in [1.165, 1.54) is 0 Å². The summed E-state index contributed by atoms with van der Waals surface area (Å²) in [5, 5.41) is 12.3. The molecule has 2 atom stereocenters. The average molecular weight is 366 g/mol. The SMILES string of the molecule is CC(NC(=O)C=Cc1ccccc1)c1cccc(N2CCO[C@H](CO)C2)c1. The van der Waals surface area contributed by atoms with Crippen molar-refractivity contribution in [3.8, 4) is 0 Å². The molecule has 1 aliphatic heterocycles. The molecule has 27 heavy (non-hydrogen) atoms. The number of morpholine rings is 1. The lowest BCUT2D eigenvalue weighted by atomic mass is 10.1. The van der Waals surface area contributed by atoms with Gasteiger partial charge in [0.25, 0.3) is 0 Å². The Hall–Kier alpha value is -2.63. The highest BCUT2D eigenvalue weighted by Crippen LogP contribution is 2.22. The van der Waals surface area contributed by atoms with Crippen molar-refractivity contribution in [1.29, 1.82) is 0 Å². The van der Waals surface area contributed by atoms with Crippen LogP contribution >= 0.6 is 0 Å². The second kappa shape index (κ2) is 9.35. The molecule has 0 bridgehead atoms. The Morgan fingerprint density at radius 2 is 2.11 bits per heavy atom. The predicted molar refractivity (Wildman–Crippen MR) is 108 cm³/mol. The van der Waals surface area contributed by atoms with Gasteiger partial charge in [-0.3, -0.25) is 4.79 Å². The van der Waals surface area contributed by atoms with E-state index in [0.717, 1.165) is 23.4 Å². The van der Waals surface area contributed by atoms with Crippen molar-refractivity contribution < 1.29 is 14.6 Å². The number of hydrogen-bond acceptors (Lipinski definition) is 4. The summed E-state index contributed by atoms with van der Waals surface area (Å²) in [7, 11) is 0. The van der Waals surface area contributed by atoms with E-state index in [1.54, 1.807) is 12.2 Å². The molecule has 0 saturated carbocycles. The lowest BCUT2D eigenvalue weighted by molar-refractivity contribution is -0.117. The minimum Gasteiger partial charge on any atom is -0.394 e. The number of anilines is 1. The molecule has 3 rings (SSSR count). The summed E-state index contributed by atoms with van der Waals surface area (Å²) in [6.45, 7) is 4.06. The van der Waals surface area contributed by atoms with E-state index in [1.807, 2.05) is 55.5 Å². The standard InChI is InChI=1S/C22H26N2O3/c1-17(23-22(26)11-10-18-6-3-2-4-7-18)19-8-5-9-20(14-19)24-12-13-27-21(15-24)16-25/h2-11,14,17,21,25H,12-13,15-16H2,1H3,(H,23,26)/t17?,21-/m0/s1. The number of carbonyl (C=O) groups is 1. The van der Waals surface area contributed by atoms with E-state index < -0.39 is 0 Å². The molecule has 1 unspecified atom stereocenters. The Labute approximate surface area is 160 Å². The van der Waals surface area contributed by atoms with Gasteiger partial charge in [0.2, 0.25) is 5.91 Å². The van der Waals surface area contributed by atoms with Crippen LogP contribution in [0.3, 0.4) is 0 Å². The first-order valence-corrected chi connectivity index (χ1v) is 9.26. The minimum absolute atomic E-state index is 0.0242. The first-order chi connectivity index (χ1) is 13.2. The van der Waals surface area contributed by atoms with Crippen molar-refractivity contribution in [3.05, 3.63) is 71.8 Å². The van der Waals surface area contributed by atoms with Gasteiger partial charge in [0.05, 0.1) is 25.4 Å². The van der Waals surface area contributed by atoms with Crippen LogP contribution in [-0.2, 0) is 9.53 Å². The number of nitrogens with zero attached hydrogens (tertiary/aromatic N) is 1. The zero-order chi connectivity index (χ0) is 19.1. The maximum absolute atomic E-state index is 12.2. The normalized spacial score (nSPS) is 18.4. The van der Waals surface area contributed by atoms with E-state index in [9.17, 15) is 9.90 Å². The fourth-order valence-corrected chi connectivity index (χ4v) is 3.14. The Kier molecular flexibility index (Phi) is 6.63. The monoisotopic (exact) mass is 366 g/mol. The predicted octanol–water partition coefficient (Wildman–Crippen LogP) is 2.77. The van der Waals surface area contributed by atoms with Gasteiger partial charge in [0.1, 0.15) is 0 Å². The number of carbonyl (C=O) groups excluding carboxylic acids is 1. The number of aliphatic hydroxyl groups is 1. The van der Waals surface area contributed by atoms with Crippen molar-refractivity contribution in [2.24, 2.45) is 0 Å². The van der Waals surface area contributed by atoms with Gasteiger partial charge in [-0.1, -0.05) is 42.5 Å². The van der Waals surface area contributed by atoms with Crippen LogP contribution < -0.4 is 10.2 Å². The van der Waals surface area contributed by atoms with Crippen LogP contribution in [0, 0.1) is 0 Å². The first-order valence-electron chi connectivity index (χ1n) is 9.26. The molecular weight excluding hydrogens is 340 g/mol. The molecule has 2 aromatic rings. The molecule has 1 amide bonds. The second-order valence-electron chi connectivity index (χ2n) is 6.69. The molecule has 0 spiro atoms. The third kappa shape index (κ3) is 5.42. The van der Waals surface area contributed by atoms with Crippen molar-refractivity contribution in [1.82, 2.24) is 5.32 Å². The zero-order valence-corrected chi connectivity index (χ0v) is 15.5. The van der Waals surface area contributed by atoms with Gasteiger partial charge in [0.15, 0.2) is 0 Å². The van der Waals surface area contributed by atoms with Gasteiger partial charge >= 0.3 is 0 Å². The molecule has 2 N–H and O–H groups in total.